The molecule has 1 aliphatic heterocycles. The van der Waals surface area contributed by atoms with Crippen LogP contribution in [0.5, 0.6) is 0 Å². The first kappa shape index (κ1) is 14.1. The van der Waals surface area contributed by atoms with Gasteiger partial charge in [0.15, 0.2) is 0 Å². The van der Waals surface area contributed by atoms with Gasteiger partial charge >= 0.3 is 0 Å². The summed E-state index contributed by atoms with van der Waals surface area (Å²) in [6, 6.07) is 6.54. The van der Waals surface area contributed by atoms with Crippen LogP contribution in [0.1, 0.15) is 30.0 Å². The van der Waals surface area contributed by atoms with Gasteiger partial charge in [0.2, 0.25) is 0 Å². The van der Waals surface area contributed by atoms with E-state index in [2.05, 4.69) is 9.97 Å². The molecule has 112 valence electrons. The zero-order chi connectivity index (χ0) is 15.5. The Hall–Kier alpha value is -2.88. The smallest absolute Gasteiger partial charge is 0.292 e. The fourth-order valence-corrected chi connectivity index (χ4v) is 2.92. The molecule has 1 aromatic heterocycles. The van der Waals surface area contributed by atoms with E-state index in [1.165, 1.54) is 12.1 Å². The Bertz CT molecular complexity index is 712. The van der Waals surface area contributed by atoms with E-state index in [1.54, 1.807) is 12.4 Å². The van der Waals surface area contributed by atoms with Crippen molar-refractivity contribution in [3.63, 3.8) is 0 Å². The van der Waals surface area contributed by atoms with Gasteiger partial charge in [0.1, 0.15) is 5.69 Å². The summed E-state index contributed by atoms with van der Waals surface area (Å²) in [5.74, 6) is 0.400. The van der Waals surface area contributed by atoms with E-state index >= 15 is 0 Å². The number of nitrogens with zero attached hydrogens (tertiary/aromatic N) is 4. The van der Waals surface area contributed by atoms with E-state index in [9.17, 15) is 10.1 Å². The van der Waals surface area contributed by atoms with Gasteiger partial charge in [-0.05, 0) is 25.0 Å². The van der Waals surface area contributed by atoms with E-state index < -0.39 is 4.92 Å². The van der Waals surface area contributed by atoms with Crippen LogP contribution in [0, 0.1) is 21.4 Å². The number of anilines is 1. The lowest BCUT2D eigenvalue weighted by Crippen LogP contribution is -2.33. The maximum Gasteiger partial charge on any atom is 0.292 e. The largest absolute Gasteiger partial charge is 0.366 e. The summed E-state index contributed by atoms with van der Waals surface area (Å²) in [5, 5.41) is 20.2. The van der Waals surface area contributed by atoms with Crippen molar-refractivity contribution in [2.75, 3.05) is 18.0 Å². The number of benzene rings is 1. The molecule has 0 amide bonds. The molecule has 0 radical (unpaired) electrons. The first-order chi connectivity index (χ1) is 10.7. The van der Waals surface area contributed by atoms with E-state index in [4.69, 9.17) is 5.26 Å². The molecule has 0 atom stereocenters. The van der Waals surface area contributed by atoms with Crippen molar-refractivity contribution in [3.8, 4) is 6.07 Å². The van der Waals surface area contributed by atoms with Crippen LogP contribution in [0.4, 0.5) is 11.4 Å². The van der Waals surface area contributed by atoms with Crippen molar-refractivity contribution in [3.05, 3.63) is 52.1 Å². The fraction of sp³-hybridized carbons (Fsp3) is 0.333. The molecule has 3 rings (SSSR count). The van der Waals surface area contributed by atoms with Gasteiger partial charge in [0.25, 0.3) is 5.69 Å². The number of nitrogens with one attached hydrogen (secondary N) is 1. The van der Waals surface area contributed by atoms with Crippen molar-refractivity contribution in [1.82, 2.24) is 9.97 Å². The molecule has 0 aliphatic carbocycles. The molecule has 0 bridgehead atoms. The quantitative estimate of drug-likeness (QED) is 0.693. The van der Waals surface area contributed by atoms with Crippen LogP contribution in [0.15, 0.2) is 30.7 Å². The van der Waals surface area contributed by atoms with E-state index in [-0.39, 0.29) is 5.69 Å². The highest BCUT2D eigenvalue weighted by molar-refractivity contribution is 5.66. The Morgan fingerprint density at radius 3 is 2.77 bits per heavy atom. The SMILES string of the molecule is N#Cc1ccc([N+](=O)[O-])c(N2CCC(c3cnc[nH]3)CC2)c1. The van der Waals surface area contributed by atoms with E-state index in [1.807, 2.05) is 17.2 Å². The molecule has 1 aromatic carbocycles. The van der Waals surface area contributed by atoms with Gasteiger partial charge in [-0.1, -0.05) is 0 Å². The van der Waals surface area contributed by atoms with Gasteiger partial charge in [0, 0.05) is 37.0 Å². The second-order valence-corrected chi connectivity index (χ2v) is 5.34. The van der Waals surface area contributed by atoms with Gasteiger partial charge in [-0.15, -0.1) is 0 Å². The molecule has 2 heterocycles. The Morgan fingerprint density at radius 1 is 1.41 bits per heavy atom. The first-order valence-corrected chi connectivity index (χ1v) is 7.11. The average Bonchev–Trinajstić information content (AvgIpc) is 3.09. The molecule has 22 heavy (non-hydrogen) atoms. The van der Waals surface area contributed by atoms with Crippen molar-refractivity contribution in [1.29, 1.82) is 5.26 Å². The number of nitriles is 1. The van der Waals surface area contributed by atoms with Crippen molar-refractivity contribution in [2.45, 2.75) is 18.8 Å². The summed E-state index contributed by atoms with van der Waals surface area (Å²) in [6.45, 7) is 1.44. The summed E-state index contributed by atoms with van der Waals surface area (Å²) >= 11 is 0. The minimum Gasteiger partial charge on any atom is -0.366 e. The number of nitro benzene ring substituents is 1. The fourth-order valence-electron chi connectivity index (χ4n) is 2.92. The number of hydrogen-bond acceptors (Lipinski definition) is 5. The van der Waals surface area contributed by atoms with Gasteiger partial charge < -0.3 is 9.88 Å². The molecule has 7 heteroatoms. The van der Waals surface area contributed by atoms with E-state index in [0.717, 1.165) is 31.6 Å². The zero-order valence-corrected chi connectivity index (χ0v) is 11.9. The lowest BCUT2D eigenvalue weighted by Gasteiger charge is -2.32. The number of nitro groups is 1. The van der Waals surface area contributed by atoms with Crippen LogP contribution < -0.4 is 4.90 Å². The van der Waals surface area contributed by atoms with Gasteiger partial charge in [-0.2, -0.15) is 5.26 Å². The highest BCUT2D eigenvalue weighted by atomic mass is 16.6. The van der Waals surface area contributed by atoms with Crippen molar-refractivity contribution < 1.29 is 4.92 Å². The summed E-state index contributed by atoms with van der Waals surface area (Å²) < 4.78 is 0. The minimum atomic E-state index is -0.391. The third-order valence-electron chi connectivity index (χ3n) is 4.10. The monoisotopic (exact) mass is 297 g/mol. The maximum absolute atomic E-state index is 11.2. The van der Waals surface area contributed by atoms with Crippen molar-refractivity contribution in [2.24, 2.45) is 0 Å². The summed E-state index contributed by atoms with van der Waals surface area (Å²) in [7, 11) is 0. The molecular weight excluding hydrogens is 282 g/mol. The molecule has 1 N–H and O–H groups in total. The molecular formula is C15H15N5O2. The second-order valence-electron chi connectivity index (χ2n) is 5.34. The number of aromatic nitrogens is 2. The topological polar surface area (TPSA) is 98.8 Å². The third-order valence-corrected chi connectivity index (χ3v) is 4.10. The minimum absolute atomic E-state index is 0.0546. The van der Waals surface area contributed by atoms with Crippen LogP contribution in [-0.4, -0.2) is 28.0 Å². The first-order valence-electron chi connectivity index (χ1n) is 7.11. The Kier molecular flexibility index (Phi) is 3.74. The number of H-pyrrole nitrogens is 1. The molecule has 1 aliphatic rings. The van der Waals surface area contributed by atoms with E-state index in [0.29, 0.717) is 17.2 Å². The highest BCUT2D eigenvalue weighted by Gasteiger charge is 2.26. The predicted molar refractivity (Wildman–Crippen MR) is 80.6 cm³/mol. The lowest BCUT2D eigenvalue weighted by molar-refractivity contribution is -0.384. The number of piperidine rings is 1. The average molecular weight is 297 g/mol. The summed E-state index contributed by atoms with van der Waals surface area (Å²) in [5.41, 5.74) is 2.14. The Balaban J connectivity index is 1.81. The normalized spacial score (nSPS) is 15.5. The van der Waals surface area contributed by atoms with Crippen LogP contribution in [-0.2, 0) is 0 Å². The molecule has 0 saturated carbocycles. The van der Waals surface area contributed by atoms with Gasteiger partial charge in [0.05, 0.1) is 22.9 Å². The second kappa shape index (κ2) is 5.85. The zero-order valence-electron chi connectivity index (χ0n) is 11.9. The summed E-state index contributed by atoms with van der Waals surface area (Å²) in [6.07, 6.45) is 5.30. The number of imidazole rings is 1. The Morgan fingerprint density at radius 2 is 2.18 bits per heavy atom. The molecule has 1 fully saturated rings. The molecule has 0 spiro atoms. The molecule has 1 saturated heterocycles. The van der Waals surface area contributed by atoms with Crippen LogP contribution in [0.3, 0.4) is 0 Å². The number of hydrogen-bond donors (Lipinski definition) is 1. The maximum atomic E-state index is 11.2. The third kappa shape index (κ3) is 2.63. The van der Waals surface area contributed by atoms with Gasteiger partial charge in [-0.3, -0.25) is 10.1 Å². The highest BCUT2D eigenvalue weighted by Crippen LogP contribution is 2.34. The number of rotatable bonds is 3. The summed E-state index contributed by atoms with van der Waals surface area (Å²) in [4.78, 5) is 20.0. The van der Waals surface area contributed by atoms with Crippen LogP contribution >= 0.6 is 0 Å². The van der Waals surface area contributed by atoms with Crippen LogP contribution in [0.2, 0.25) is 0 Å². The Labute approximate surface area is 127 Å². The molecule has 0 unspecified atom stereocenters. The van der Waals surface area contributed by atoms with Gasteiger partial charge in [-0.25, -0.2) is 4.98 Å². The molecule has 2 aromatic rings. The van der Waals surface area contributed by atoms with Crippen LogP contribution in [0.25, 0.3) is 0 Å². The lowest BCUT2D eigenvalue weighted by atomic mass is 9.93. The standard InChI is InChI=1S/C15H15N5O2/c16-8-11-1-2-14(20(21)22)15(7-11)19-5-3-12(4-6-19)13-9-17-10-18-13/h1-2,7,9-10,12H,3-6H2,(H,17,18). The van der Waals surface area contributed by atoms with Crippen molar-refractivity contribution >= 4 is 11.4 Å². The predicted octanol–water partition coefficient (Wildman–Crippen LogP) is 2.57. The number of aromatic amines is 1. The molecule has 7 nitrogen and oxygen atoms in total.